The van der Waals surface area contributed by atoms with Gasteiger partial charge in [-0.25, -0.2) is 4.99 Å². The SMILES string of the molecule is CCCCCCCC/C=C/CCCCCCCC1=NCC[N+]1(CC)CCO. The molecule has 0 aromatic rings. The lowest BCUT2D eigenvalue weighted by Gasteiger charge is -2.33. The van der Waals surface area contributed by atoms with Crippen molar-refractivity contribution in [2.24, 2.45) is 4.99 Å². The highest BCUT2D eigenvalue weighted by molar-refractivity contribution is 5.76. The van der Waals surface area contributed by atoms with E-state index in [-0.39, 0.29) is 6.61 Å². The predicted octanol–water partition coefficient (Wildman–Crippen LogP) is 6.27. The summed E-state index contributed by atoms with van der Waals surface area (Å²) in [5, 5.41) is 9.37. The molecular weight excluding hydrogens is 332 g/mol. The molecule has 1 N–H and O–H groups in total. The number of allylic oxidation sites excluding steroid dienone is 2. The highest BCUT2D eigenvalue weighted by Crippen LogP contribution is 2.19. The molecule has 0 radical (unpaired) electrons. The molecule has 1 unspecified atom stereocenters. The number of likely N-dealkylation sites (N-methyl/N-ethyl adjacent to an activating group) is 1. The molecular formula is C24H47N2O+. The molecule has 3 heteroatoms. The molecule has 1 aliphatic rings. The average Bonchev–Trinajstić information content (AvgIpc) is 3.08. The van der Waals surface area contributed by atoms with Gasteiger partial charge >= 0.3 is 0 Å². The second-order valence-corrected chi connectivity index (χ2v) is 8.26. The van der Waals surface area contributed by atoms with Crippen LogP contribution in [0, 0.1) is 0 Å². The quantitative estimate of drug-likeness (QED) is 0.170. The summed E-state index contributed by atoms with van der Waals surface area (Å²) in [5.74, 6) is 1.35. The summed E-state index contributed by atoms with van der Waals surface area (Å²) >= 11 is 0. The Kier molecular flexibility index (Phi) is 14.7. The summed E-state index contributed by atoms with van der Waals surface area (Å²) < 4.78 is 0.944. The minimum Gasteiger partial charge on any atom is -0.390 e. The summed E-state index contributed by atoms with van der Waals surface area (Å²) in [6, 6.07) is 0. The number of hydrogen-bond acceptors (Lipinski definition) is 2. The van der Waals surface area contributed by atoms with E-state index in [0.29, 0.717) is 0 Å². The van der Waals surface area contributed by atoms with Crippen LogP contribution in [0.3, 0.4) is 0 Å². The fourth-order valence-corrected chi connectivity index (χ4v) is 4.25. The summed E-state index contributed by atoms with van der Waals surface area (Å²) in [5.41, 5.74) is 0. The highest BCUT2D eigenvalue weighted by atomic mass is 16.3. The molecule has 0 bridgehead atoms. The Morgan fingerprint density at radius 3 is 2.04 bits per heavy atom. The molecule has 1 aliphatic heterocycles. The number of unbranched alkanes of at least 4 members (excludes halogenated alkanes) is 11. The maximum Gasteiger partial charge on any atom is 0.198 e. The third-order valence-electron chi connectivity index (χ3n) is 6.17. The minimum atomic E-state index is 0.277. The van der Waals surface area contributed by atoms with Crippen molar-refractivity contribution in [1.29, 1.82) is 0 Å². The lowest BCUT2D eigenvalue weighted by Crippen LogP contribution is -2.52. The molecule has 0 saturated heterocycles. The van der Waals surface area contributed by atoms with E-state index in [0.717, 1.165) is 37.1 Å². The van der Waals surface area contributed by atoms with Crippen LogP contribution in [-0.4, -0.2) is 48.2 Å². The fourth-order valence-electron chi connectivity index (χ4n) is 4.25. The smallest absolute Gasteiger partial charge is 0.198 e. The van der Waals surface area contributed by atoms with Gasteiger partial charge in [-0.3, -0.25) is 4.48 Å². The monoisotopic (exact) mass is 379 g/mol. The maximum absolute atomic E-state index is 9.37. The second kappa shape index (κ2) is 16.3. The molecule has 0 spiro atoms. The van der Waals surface area contributed by atoms with Gasteiger partial charge in [0.2, 0.25) is 0 Å². The number of aliphatic hydroxyl groups is 1. The number of amidine groups is 1. The topological polar surface area (TPSA) is 32.6 Å². The van der Waals surface area contributed by atoms with Gasteiger partial charge in [-0.15, -0.1) is 0 Å². The molecule has 0 amide bonds. The summed E-state index contributed by atoms with van der Waals surface area (Å²) in [7, 11) is 0. The molecule has 0 fully saturated rings. The second-order valence-electron chi connectivity index (χ2n) is 8.26. The first kappa shape index (κ1) is 24.4. The van der Waals surface area contributed by atoms with E-state index in [1.807, 2.05) is 0 Å². The first-order chi connectivity index (χ1) is 13.3. The van der Waals surface area contributed by atoms with E-state index < -0.39 is 0 Å². The number of aliphatic hydroxyl groups excluding tert-OH is 1. The van der Waals surface area contributed by atoms with Crippen molar-refractivity contribution in [3.63, 3.8) is 0 Å². The third-order valence-corrected chi connectivity index (χ3v) is 6.17. The highest BCUT2D eigenvalue weighted by Gasteiger charge is 2.35. The molecule has 1 atom stereocenters. The van der Waals surface area contributed by atoms with E-state index in [2.05, 4.69) is 26.0 Å². The van der Waals surface area contributed by atoms with Gasteiger partial charge in [-0.2, -0.15) is 0 Å². The van der Waals surface area contributed by atoms with E-state index in [4.69, 9.17) is 4.99 Å². The van der Waals surface area contributed by atoms with Crippen LogP contribution in [0.2, 0.25) is 0 Å². The number of hydrogen-bond donors (Lipinski definition) is 1. The zero-order valence-electron chi connectivity index (χ0n) is 18.4. The Labute approximate surface area is 169 Å². The van der Waals surface area contributed by atoms with Crippen molar-refractivity contribution >= 4 is 5.84 Å². The van der Waals surface area contributed by atoms with Crippen LogP contribution in [0.1, 0.15) is 104 Å². The Morgan fingerprint density at radius 1 is 0.852 bits per heavy atom. The van der Waals surface area contributed by atoms with Gasteiger partial charge < -0.3 is 5.11 Å². The van der Waals surface area contributed by atoms with E-state index >= 15 is 0 Å². The zero-order chi connectivity index (χ0) is 19.6. The lowest BCUT2D eigenvalue weighted by molar-refractivity contribution is -0.835. The van der Waals surface area contributed by atoms with Crippen LogP contribution in [0.5, 0.6) is 0 Å². The molecule has 0 aliphatic carbocycles. The first-order valence-corrected chi connectivity index (χ1v) is 11.9. The maximum atomic E-state index is 9.37. The van der Waals surface area contributed by atoms with E-state index in [1.54, 1.807) is 0 Å². The van der Waals surface area contributed by atoms with Crippen molar-refractivity contribution in [2.45, 2.75) is 104 Å². The van der Waals surface area contributed by atoms with Crippen molar-refractivity contribution in [3.05, 3.63) is 12.2 Å². The van der Waals surface area contributed by atoms with Gasteiger partial charge in [-0.1, -0.05) is 70.4 Å². The molecule has 1 heterocycles. The van der Waals surface area contributed by atoms with Gasteiger partial charge in [0, 0.05) is 6.42 Å². The lowest BCUT2D eigenvalue weighted by atomic mass is 10.1. The van der Waals surface area contributed by atoms with Crippen LogP contribution in [0.4, 0.5) is 0 Å². The van der Waals surface area contributed by atoms with Crippen LogP contribution in [-0.2, 0) is 0 Å². The van der Waals surface area contributed by atoms with Crippen LogP contribution in [0.25, 0.3) is 0 Å². The molecule has 3 nitrogen and oxygen atoms in total. The number of rotatable bonds is 18. The number of nitrogens with zero attached hydrogens (tertiary/aromatic N) is 2. The van der Waals surface area contributed by atoms with Crippen LogP contribution >= 0.6 is 0 Å². The normalized spacial score (nSPS) is 19.9. The van der Waals surface area contributed by atoms with E-state index in [9.17, 15) is 5.11 Å². The summed E-state index contributed by atoms with van der Waals surface area (Å²) in [6.07, 6.45) is 23.5. The van der Waals surface area contributed by atoms with Crippen LogP contribution < -0.4 is 0 Å². The van der Waals surface area contributed by atoms with Gasteiger partial charge in [0.15, 0.2) is 5.84 Å². The Bertz CT molecular complexity index is 405. The number of aliphatic imine (C=N–C) groups is 1. The van der Waals surface area contributed by atoms with Crippen molar-refractivity contribution in [2.75, 3.05) is 32.8 Å². The fraction of sp³-hybridized carbons (Fsp3) is 0.875. The van der Waals surface area contributed by atoms with E-state index in [1.165, 1.54) is 89.3 Å². The minimum absolute atomic E-state index is 0.277. The zero-order valence-corrected chi connectivity index (χ0v) is 18.4. The Morgan fingerprint density at radius 2 is 1.44 bits per heavy atom. The Balaban J connectivity index is 1.94. The van der Waals surface area contributed by atoms with Crippen molar-refractivity contribution < 1.29 is 9.59 Å². The number of quaternary nitrogens is 1. The van der Waals surface area contributed by atoms with Crippen molar-refractivity contribution in [3.8, 4) is 0 Å². The van der Waals surface area contributed by atoms with Gasteiger partial charge in [-0.05, 0) is 39.0 Å². The Hall–Kier alpha value is -0.670. The molecule has 0 saturated carbocycles. The molecule has 0 aromatic heterocycles. The molecule has 1 rings (SSSR count). The summed E-state index contributed by atoms with van der Waals surface area (Å²) in [4.78, 5) is 4.75. The van der Waals surface area contributed by atoms with Crippen molar-refractivity contribution in [1.82, 2.24) is 0 Å². The third kappa shape index (κ3) is 10.4. The largest absolute Gasteiger partial charge is 0.390 e. The predicted molar refractivity (Wildman–Crippen MR) is 119 cm³/mol. The molecule has 158 valence electrons. The standard InChI is InChI=1S/C24H47N2O/c1-3-5-6-7-8-9-10-11-12-13-14-15-16-17-18-19-24-25-20-21-26(24,4-2)22-23-27/h11-12,27H,3-10,13-23H2,1-2H3/q+1/b12-11+. The average molecular weight is 380 g/mol. The molecule has 27 heavy (non-hydrogen) atoms. The molecule has 0 aromatic carbocycles. The van der Waals surface area contributed by atoms with Gasteiger partial charge in [0.25, 0.3) is 0 Å². The van der Waals surface area contributed by atoms with Crippen LogP contribution in [0.15, 0.2) is 17.1 Å². The van der Waals surface area contributed by atoms with Gasteiger partial charge in [0.1, 0.15) is 13.1 Å². The first-order valence-electron chi connectivity index (χ1n) is 11.9. The van der Waals surface area contributed by atoms with Gasteiger partial charge in [0.05, 0.1) is 19.7 Å². The summed E-state index contributed by atoms with van der Waals surface area (Å²) in [6.45, 7) is 8.76.